The summed E-state index contributed by atoms with van der Waals surface area (Å²) in [5, 5.41) is 0. The van der Waals surface area contributed by atoms with Crippen LogP contribution in [-0.4, -0.2) is 9.97 Å². The quantitative estimate of drug-likeness (QED) is 0.542. The Hall–Kier alpha value is -2.23. The molecule has 0 N–H and O–H groups in total. The number of anilines is 4. The van der Waals surface area contributed by atoms with Gasteiger partial charge in [0.05, 0.1) is 11.9 Å². The molecular weight excluding hydrogens is 452 g/mol. The van der Waals surface area contributed by atoms with Crippen molar-refractivity contribution in [2.24, 2.45) is 0 Å². The van der Waals surface area contributed by atoms with Gasteiger partial charge in [0.25, 0.3) is 0 Å². The zero-order valence-electron chi connectivity index (χ0n) is 11.6. The first-order chi connectivity index (χ1) is 10.4. The van der Waals surface area contributed by atoms with Crippen molar-refractivity contribution in [3.8, 4) is 0 Å². The maximum Gasteiger partial charge on any atom is 0.128 e. The van der Waals surface area contributed by atoms with E-state index in [2.05, 4.69) is 33.1 Å². The Labute approximate surface area is 142 Å². The zero-order valence-corrected chi connectivity index (χ0v) is 13.9. The van der Waals surface area contributed by atoms with Crippen molar-refractivity contribution in [1.82, 2.24) is 9.97 Å². The molecule has 1 radical (unpaired) electrons. The van der Waals surface area contributed by atoms with Crippen LogP contribution >= 0.6 is 0 Å². The second-order valence-electron chi connectivity index (χ2n) is 4.67. The molecule has 111 valence electrons. The van der Waals surface area contributed by atoms with E-state index in [-0.39, 0.29) is 20.1 Å². The number of nitrogens with zero attached hydrogens (tertiary/aromatic N) is 4. The first-order valence-corrected chi connectivity index (χ1v) is 6.69. The van der Waals surface area contributed by atoms with Crippen LogP contribution in [0, 0.1) is 12.7 Å². The summed E-state index contributed by atoms with van der Waals surface area (Å²) in [5.41, 5.74) is 2.99. The predicted molar refractivity (Wildman–Crippen MR) is 82.3 cm³/mol. The summed E-state index contributed by atoms with van der Waals surface area (Å²) in [6.45, 7) is 2.01. The molecule has 0 amide bonds. The first-order valence-electron chi connectivity index (χ1n) is 6.69. The molecule has 1 aliphatic heterocycles. The van der Waals surface area contributed by atoms with E-state index >= 15 is 0 Å². The standard InChI is InChI=1S/C17H12N4.Ir/c1-3-7-14(8-4-1)20-13-21(15-9-5-2-6-10-15)17-16(20)11-18-12-19-17;/h1-9,11-13H;/q-2;. The number of benzene rings is 2. The van der Waals surface area contributed by atoms with Crippen LogP contribution in [0.3, 0.4) is 0 Å². The molecule has 2 aromatic carbocycles. The molecule has 0 fully saturated rings. The van der Waals surface area contributed by atoms with Gasteiger partial charge in [0.1, 0.15) is 12.1 Å². The fraction of sp³-hybridized carbons (Fsp3) is 0. The maximum atomic E-state index is 4.41. The van der Waals surface area contributed by atoms with Crippen LogP contribution in [0.25, 0.3) is 0 Å². The SMILES string of the molecule is [Ir].[c-]1ccccc1N1[CH-]N(c2ccccc2)c2cncnc21. The number of fused-ring (bicyclic) bond motifs is 1. The smallest absolute Gasteiger partial charge is 0.128 e. The predicted octanol–water partition coefficient (Wildman–Crippen LogP) is 3.68. The van der Waals surface area contributed by atoms with E-state index in [1.165, 1.54) is 0 Å². The van der Waals surface area contributed by atoms with Gasteiger partial charge in [-0.05, 0) is 12.1 Å². The molecule has 0 atom stereocenters. The second kappa shape index (κ2) is 6.26. The van der Waals surface area contributed by atoms with Gasteiger partial charge in [-0.1, -0.05) is 18.2 Å². The van der Waals surface area contributed by atoms with Crippen LogP contribution in [0.1, 0.15) is 0 Å². The Morgan fingerprint density at radius 3 is 2.55 bits per heavy atom. The molecular formula is C17H12IrN4-2. The number of hydrogen-bond donors (Lipinski definition) is 0. The molecule has 4 rings (SSSR count). The van der Waals surface area contributed by atoms with E-state index in [4.69, 9.17) is 0 Å². The first kappa shape index (κ1) is 14.7. The van der Waals surface area contributed by atoms with Crippen molar-refractivity contribution in [2.45, 2.75) is 0 Å². The van der Waals surface area contributed by atoms with Crippen LogP contribution in [0.4, 0.5) is 22.9 Å². The van der Waals surface area contributed by atoms with Gasteiger partial charge in [-0.2, -0.15) is 30.3 Å². The normalized spacial score (nSPS) is 12.7. The summed E-state index contributed by atoms with van der Waals surface area (Å²) < 4.78 is 0. The Balaban J connectivity index is 0.00000144. The summed E-state index contributed by atoms with van der Waals surface area (Å²) >= 11 is 0. The molecule has 0 spiro atoms. The van der Waals surface area contributed by atoms with Crippen LogP contribution < -0.4 is 9.80 Å². The van der Waals surface area contributed by atoms with Crippen molar-refractivity contribution in [3.05, 3.63) is 79.9 Å². The van der Waals surface area contributed by atoms with Gasteiger partial charge in [-0.3, -0.25) is 0 Å². The third kappa shape index (κ3) is 2.49. The van der Waals surface area contributed by atoms with Crippen molar-refractivity contribution in [2.75, 3.05) is 9.80 Å². The van der Waals surface area contributed by atoms with Gasteiger partial charge in [0, 0.05) is 25.8 Å². The number of aromatic nitrogens is 2. The molecule has 3 aromatic rings. The van der Waals surface area contributed by atoms with Gasteiger partial charge in [0.2, 0.25) is 0 Å². The topological polar surface area (TPSA) is 32.3 Å². The van der Waals surface area contributed by atoms with Gasteiger partial charge in [-0.15, -0.1) is 12.4 Å². The molecule has 1 aromatic heterocycles. The molecule has 0 unspecified atom stereocenters. The molecule has 0 saturated carbocycles. The number of para-hydroxylation sites is 2. The van der Waals surface area contributed by atoms with E-state index < -0.39 is 0 Å². The van der Waals surface area contributed by atoms with Gasteiger partial charge >= 0.3 is 0 Å². The van der Waals surface area contributed by atoms with E-state index in [0.29, 0.717) is 0 Å². The third-order valence-electron chi connectivity index (χ3n) is 3.38. The molecule has 1 aliphatic rings. The van der Waals surface area contributed by atoms with E-state index in [1.54, 1.807) is 6.33 Å². The zero-order chi connectivity index (χ0) is 14.1. The van der Waals surface area contributed by atoms with Crippen LogP contribution in [-0.2, 0) is 20.1 Å². The van der Waals surface area contributed by atoms with E-state index in [1.807, 2.05) is 60.2 Å². The van der Waals surface area contributed by atoms with Crippen LogP contribution in [0.15, 0.2) is 67.1 Å². The molecule has 4 nitrogen and oxygen atoms in total. The minimum atomic E-state index is 0. The average Bonchev–Trinajstić information content (AvgIpc) is 2.96. The van der Waals surface area contributed by atoms with Crippen molar-refractivity contribution < 1.29 is 20.1 Å². The van der Waals surface area contributed by atoms with Gasteiger partial charge in [-0.25, -0.2) is 9.97 Å². The second-order valence-corrected chi connectivity index (χ2v) is 4.67. The Morgan fingerprint density at radius 2 is 1.77 bits per heavy atom. The molecule has 2 heterocycles. The summed E-state index contributed by atoms with van der Waals surface area (Å²) in [6, 6.07) is 21.2. The summed E-state index contributed by atoms with van der Waals surface area (Å²) in [7, 11) is 0. The fourth-order valence-corrected chi connectivity index (χ4v) is 2.41. The largest absolute Gasteiger partial charge is 0.478 e. The third-order valence-corrected chi connectivity index (χ3v) is 3.38. The number of rotatable bonds is 2. The van der Waals surface area contributed by atoms with Crippen LogP contribution in [0.2, 0.25) is 0 Å². The minimum Gasteiger partial charge on any atom is -0.478 e. The van der Waals surface area contributed by atoms with E-state index in [9.17, 15) is 0 Å². The van der Waals surface area contributed by atoms with Gasteiger partial charge < -0.3 is 9.80 Å². The molecule has 22 heavy (non-hydrogen) atoms. The molecule has 5 heteroatoms. The van der Waals surface area contributed by atoms with Crippen LogP contribution in [0.5, 0.6) is 0 Å². The molecule has 0 saturated heterocycles. The summed E-state index contributed by atoms with van der Waals surface area (Å²) in [4.78, 5) is 12.7. The minimum absolute atomic E-state index is 0. The fourth-order valence-electron chi connectivity index (χ4n) is 2.41. The summed E-state index contributed by atoms with van der Waals surface area (Å²) in [5.74, 6) is 0.858. The molecule has 0 aliphatic carbocycles. The molecule has 0 bridgehead atoms. The van der Waals surface area contributed by atoms with E-state index in [0.717, 1.165) is 22.9 Å². The Morgan fingerprint density at radius 1 is 0.955 bits per heavy atom. The average molecular weight is 465 g/mol. The monoisotopic (exact) mass is 465 g/mol. The maximum absolute atomic E-state index is 4.41. The van der Waals surface area contributed by atoms with Gasteiger partial charge in [0.15, 0.2) is 0 Å². The van der Waals surface area contributed by atoms with Crippen molar-refractivity contribution >= 4 is 22.9 Å². The number of hydrogen-bond acceptors (Lipinski definition) is 4. The van der Waals surface area contributed by atoms with Crippen molar-refractivity contribution in [3.63, 3.8) is 0 Å². The summed E-state index contributed by atoms with van der Waals surface area (Å²) in [6.07, 6.45) is 3.39. The Bertz CT molecular complexity index is 684. The van der Waals surface area contributed by atoms with Crippen molar-refractivity contribution in [1.29, 1.82) is 0 Å². The Kier molecular flexibility index (Phi) is 4.18.